The molecule has 4 nitrogen and oxygen atoms in total. The fourth-order valence-corrected chi connectivity index (χ4v) is 2.83. The molecule has 6 heteroatoms. The van der Waals surface area contributed by atoms with Crippen LogP contribution in [0.25, 0.3) is 22.8 Å². The average Bonchev–Trinajstić information content (AvgIpc) is 2.87. The molecule has 106 valence electrons. The van der Waals surface area contributed by atoms with Gasteiger partial charge in [-0.25, -0.2) is 0 Å². The van der Waals surface area contributed by atoms with Gasteiger partial charge in [-0.05, 0) is 48.9 Å². The van der Waals surface area contributed by atoms with Crippen LogP contribution in [-0.4, -0.2) is 15.2 Å². The van der Waals surface area contributed by atoms with Gasteiger partial charge >= 0.3 is 0 Å². The zero-order valence-corrected chi connectivity index (χ0v) is 14.1. The zero-order chi connectivity index (χ0) is 15.0. The topological polar surface area (TPSA) is 59.2 Å². The Balaban J connectivity index is 2.03. The summed E-state index contributed by atoms with van der Waals surface area (Å²) in [5.74, 6) is 0.877. The number of nitrogens with zero attached hydrogens (tertiary/aromatic N) is 2. The standard InChI is InChI=1S/C15H10Br2N2O2/c1-8-6-9(16)2-4-11(8)14-18-15(21-19-14)12-5-3-10(17)7-13(12)20/h2-7,20H,1H3. The van der Waals surface area contributed by atoms with Crippen molar-refractivity contribution in [2.24, 2.45) is 0 Å². The van der Waals surface area contributed by atoms with Crippen molar-refractivity contribution in [3.63, 3.8) is 0 Å². The van der Waals surface area contributed by atoms with Crippen molar-refractivity contribution >= 4 is 31.9 Å². The molecule has 0 amide bonds. The van der Waals surface area contributed by atoms with Crippen molar-refractivity contribution in [3.8, 4) is 28.6 Å². The van der Waals surface area contributed by atoms with Crippen LogP contribution in [0, 0.1) is 6.92 Å². The molecule has 0 aliphatic carbocycles. The lowest BCUT2D eigenvalue weighted by Gasteiger charge is -2.01. The number of hydrogen-bond donors (Lipinski definition) is 1. The Bertz CT molecular complexity index is 749. The van der Waals surface area contributed by atoms with E-state index >= 15 is 0 Å². The van der Waals surface area contributed by atoms with E-state index in [1.807, 2.05) is 31.2 Å². The van der Waals surface area contributed by atoms with Crippen molar-refractivity contribution < 1.29 is 9.63 Å². The van der Waals surface area contributed by atoms with Crippen LogP contribution in [0.2, 0.25) is 0 Å². The Morgan fingerprint density at radius 3 is 2.33 bits per heavy atom. The van der Waals surface area contributed by atoms with Gasteiger partial charge in [0.25, 0.3) is 5.89 Å². The Hall–Kier alpha value is -1.66. The first kappa shape index (κ1) is 14.3. The van der Waals surface area contributed by atoms with Gasteiger partial charge in [0.2, 0.25) is 5.82 Å². The van der Waals surface area contributed by atoms with Gasteiger partial charge in [-0.3, -0.25) is 0 Å². The van der Waals surface area contributed by atoms with E-state index in [4.69, 9.17) is 4.52 Å². The van der Waals surface area contributed by atoms with Crippen LogP contribution in [0.5, 0.6) is 5.75 Å². The second kappa shape index (κ2) is 5.61. The number of aromatic hydroxyl groups is 1. The summed E-state index contributed by atoms with van der Waals surface area (Å²) in [6.07, 6.45) is 0. The minimum Gasteiger partial charge on any atom is -0.507 e. The van der Waals surface area contributed by atoms with Gasteiger partial charge in [0.05, 0.1) is 5.56 Å². The van der Waals surface area contributed by atoms with Crippen molar-refractivity contribution in [3.05, 3.63) is 50.9 Å². The molecule has 1 N–H and O–H groups in total. The van der Waals surface area contributed by atoms with E-state index in [-0.39, 0.29) is 11.6 Å². The summed E-state index contributed by atoms with van der Waals surface area (Å²) in [5, 5.41) is 13.9. The molecule has 0 aliphatic rings. The van der Waals surface area contributed by atoms with Gasteiger partial charge in [0.1, 0.15) is 5.75 Å². The molecular formula is C15H10Br2N2O2. The maximum absolute atomic E-state index is 9.95. The Labute approximate surface area is 138 Å². The van der Waals surface area contributed by atoms with Crippen LogP contribution in [0.15, 0.2) is 49.9 Å². The quantitative estimate of drug-likeness (QED) is 0.650. The number of phenols is 1. The third-order valence-electron chi connectivity index (χ3n) is 3.05. The largest absolute Gasteiger partial charge is 0.507 e. The summed E-state index contributed by atoms with van der Waals surface area (Å²) in [6.45, 7) is 1.98. The van der Waals surface area contributed by atoms with E-state index in [9.17, 15) is 5.11 Å². The number of rotatable bonds is 2. The molecule has 1 heterocycles. The fraction of sp³-hybridized carbons (Fsp3) is 0.0667. The zero-order valence-electron chi connectivity index (χ0n) is 11.0. The van der Waals surface area contributed by atoms with Crippen LogP contribution >= 0.6 is 31.9 Å². The molecule has 3 aromatic rings. The molecule has 0 bridgehead atoms. The average molecular weight is 410 g/mol. The van der Waals surface area contributed by atoms with Gasteiger partial charge < -0.3 is 9.63 Å². The van der Waals surface area contributed by atoms with E-state index < -0.39 is 0 Å². The molecule has 0 aliphatic heterocycles. The monoisotopic (exact) mass is 408 g/mol. The van der Waals surface area contributed by atoms with Crippen LogP contribution in [0.1, 0.15) is 5.56 Å². The van der Waals surface area contributed by atoms with Gasteiger partial charge in [-0.15, -0.1) is 0 Å². The molecule has 21 heavy (non-hydrogen) atoms. The van der Waals surface area contributed by atoms with Crippen LogP contribution < -0.4 is 0 Å². The summed E-state index contributed by atoms with van der Waals surface area (Å²) >= 11 is 6.72. The predicted octanol–water partition coefficient (Wildman–Crippen LogP) is 4.94. The Kier molecular flexibility index (Phi) is 3.82. The molecule has 0 spiro atoms. The summed E-state index contributed by atoms with van der Waals surface area (Å²) in [5.41, 5.74) is 2.44. The van der Waals surface area contributed by atoms with Gasteiger partial charge in [-0.1, -0.05) is 37.0 Å². The van der Waals surface area contributed by atoms with E-state index in [0.717, 1.165) is 20.1 Å². The maximum Gasteiger partial charge on any atom is 0.261 e. The van der Waals surface area contributed by atoms with Crippen molar-refractivity contribution in [1.82, 2.24) is 10.1 Å². The van der Waals surface area contributed by atoms with Crippen molar-refractivity contribution in [2.75, 3.05) is 0 Å². The first-order chi connectivity index (χ1) is 10.0. The van der Waals surface area contributed by atoms with Crippen LogP contribution in [0.4, 0.5) is 0 Å². The summed E-state index contributed by atoms with van der Waals surface area (Å²) in [7, 11) is 0. The lowest BCUT2D eigenvalue weighted by Crippen LogP contribution is -1.86. The second-order valence-corrected chi connectivity index (χ2v) is 6.38. The third-order valence-corrected chi connectivity index (χ3v) is 4.03. The molecular weight excluding hydrogens is 400 g/mol. The summed E-state index contributed by atoms with van der Waals surface area (Å²) in [6, 6.07) is 11.0. The Morgan fingerprint density at radius 2 is 1.67 bits per heavy atom. The highest BCUT2D eigenvalue weighted by Gasteiger charge is 2.15. The molecule has 0 unspecified atom stereocenters. The van der Waals surface area contributed by atoms with Gasteiger partial charge in [0, 0.05) is 14.5 Å². The molecule has 0 saturated heterocycles. The van der Waals surface area contributed by atoms with Gasteiger partial charge in [0.15, 0.2) is 0 Å². The number of phenolic OH excluding ortho intramolecular Hbond substituents is 1. The van der Waals surface area contributed by atoms with E-state index in [1.54, 1.807) is 12.1 Å². The smallest absolute Gasteiger partial charge is 0.261 e. The lowest BCUT2D eigenvalue weighted by atomic mass is 10.1. The highest BCUT2D eigenvalue weighted by molar-refractivity contribution is 9.10. The fourth-order valence-electron chi connectivity index (χ4n) is 2.01. The molecule has 2 aromatic carbocycles. The van der Waals surface area contributed by atoms with Crippen molar-refractivity contribution in [1.29, 1.82) is 0 Å². The van der Waals surface area contributed by atoms with Crippen LogP contribution in [0.3, 0.4) is 0 Å². The number of hydrogen-bond acceptors (Lipinski definition) is 4. The number of benzene rings is 2. The van der Waals surface area contributed by atoms with E-state index in [0.29, 0.717) is 11.4 Å². The first-order valence-corrected chi connectivity index (χ1v) is 7.72. The molecule has 0 fully saturated rings. The third kappa shape index (κ3) is 2.87. The molecule has 0 radical (unpaired) electrons. The van der Waals surface area contributed by atoms with E-state index in [2.05, 4.69) is 42.0 Å². The number of aromatic nitrogens is 2. The van der Waals surface area contributed by atoms with E-state index in [1.165, 1.54) is 0 Å². The maximum atomic E-state index is 9.95. The minimum atomic E-state index is 0.0899. The molecule has 1 aromatic heterocycles. The molecule has 3 rings (SSSR count). The molecule has 0 saturated carbocycles. The highest BCUT2D eigenvalue weighted by Crippen LogP contribution is 2.32. The van der Waals surface area contributed by atoms with Gasteiger partial charge in [-0.2, -0.15) is 4.98 Å². The van der Waals surface area contributed by atoms with Crippen molar-refractivity contribution in [2.45, 2.75) is 6.92 Å². The van der Waals surface area contributed by atoms with Crippen LogP contribution in [-0.2, 0) is 0 Å². The molecule has 0 atom stereocenters. The summed E-state index contributed by atoms with van der Waals surface area (Å²) in [4.78, 5) is 4.36. The highest BCUT2D eigenvalue weighted by atomic mass is 79.9. The minimum absolute atomic E-state index is 0.0899. The number of aryl methyl sites for hydroxylation is 1. The Morgan fingerprint density at radius 1 is 1.00 bits per heavy atom. The first-order valence-electron chi connectivity index (χ1n) is 6.14. The SMILES string of the molecule is Cc1cc(Br)ccc1-c1noc(-c2ccc(Br)cc2O)n1. The summed E-state index contributed by atoms with van der Waals surface area (Å²) < 4.78 is 7.05. The lowest BCUT2D eigenvalue weighted by molar-refractivity contribution is 0.425. The normalized spacial score (nSPS) is 10.8. The predicted molar refractivity (Wildman–Crippen MR) is 87.0 cm³/mol. The second-order valence-electron chi connectivity index (χ2n) is 4.54. The number of halogens is 2.